The number of ether oxygens (including phenoxy) is 2. The second-order valence-corrected chi connectivity index (χ2v) is 12.0. The van der Waals surface area contributed by atoms with Crippen LogP contribution in [0.25, 0.3) is 11.1 Å². The van der Waals surface area contributed by atoms with E-state index in [2.05, 4.69) is 0 Å². The molecule has 2 atom stereocenters. The lowest BCUT2D eigenvalue weighted by Gasteiger charge is -2.38. The summed E-state index contributed by atoms with van der Waals surface area (Å²) in [5.41, 5.74) is 0.458. The molecule has 9 heteroatoms. The Hall–Kier alpha value is -2.68. The number of halogens is 2. The van der Waals surface area contributed by atoms with Crippen LogP contribution in [0.3, 0.4) is 0 Å². The fraction of sp³-hybridized carbons (Fsp3) is 0.480. The van der Waals surface area contributed by atoms with Gasteiger partial charge in [0.2, 0.25) is 0 Å². The molecule has 0 N–H and O–H groups in total. The minimum Gasteiger partial charge on any atom is -0.487 e. The maximum atomic E-state index is 14.7. The molecule has 0 unspecified atom stereocenters. The molecule has 2 aliphatic carbocycles. The lowest BCUT2D eigenvalue weighted by atomic mass is 9.82. The summed E-state index contributed by atoms with van der Waals surface area (Å²) in [6.07, 6.45) is 3.71. The van der Waals surface area contributed by atoms with Crippen molar-refractivity contribution in [1.29, 1.82) is 0 Å². The molecule has 2 aromatic carbocycles. The van der Waals surface area contributed by atoms with Gasteiger partial charge in [-0.3, -0.25) is 0 Å². The molecule has 0 radical (unpaired) electrons. The molecule has 3 aliphatic rings. The zero-order chi connectivity index (χ0) is 24.3. The van der Waals surface area contributed by atoms with Gasteiger partial charge in [0, 0.05) is 25.3 Å². The summed E-state index contributed by atoms with van der Waals surface area (Å²) >= 11 is 0. The Balaban J connectivity index is 1.17. The molecular formula is C25H27F2NO5S. The predicted octanol–water partition coefficient (Wildman–Crippen LogP) is 4.67. The maximum Gasteiger partial charge on any atom is 0.410 e. The molecule has 182 valence electrons. The summed E-state index contributed by atoms with van der Waals surface area (Å²) < 4.78 is 63.7. The van der Waals surface area contributed by atoms with Crippen LogP contribution < -0.4 is 4.74 Å². The number of carbonyl (C=O) groups excluding carboxylic acids is 1. The Labute approximate surface area is 197 Å². The van der Waals surface area contributed by atoms with Crippen LogP contribution in [0.15, 0.2) is 41.3 Å². The van der Waals surface area contributed by atoms with E-state index in [1.807, 2.05) is 6.92 Å². The maximum absolute atomic E-state index is 14.7. The zero-order valence-electron chi connectivity index (χ0n) is 19.1. The van der Waals surface area contributed by atoms with Gasteiger partial charge in [0.05, 0.1) is 11.5 Å². The van der Waals surface area contributed by atoms with Crippen molar-refractivity contribution in [2.24, 2.45) is 17.8 Å². The molecule has 34 heavy (non-hydrogen) atoms. The molecule has 0 spiro atoms. The summed E-state index contributed by atoms with van der Waals surface area (Å²) in [6.45, 7) is 3.31. The van der Waals surface area contributed by atoms with Gasteiger partial charge >= 0.3 is 6.09 Å². The predicted molar refractivity (Wildman–Crippen MR) is 121 cm³/mol. The number of rotatable bonds is 6. The van der Waals surface area contributed by atoms with Gasteiger partial charge in [-0.2, -0.15) is 0 Å². The average Bonchev–Trinajstić information content (AvgIpc) is 3.19. The van der Waals surface area contributed by atoms with E-state index in [1.165, 1.54) is 36.4 Å². The second kappa shape index (κ2) is 8.22. The first-order chi connectivity index (χ1) is 16.0. The van der Waals surface area contributed by atoms with Crippen molar-refractivity contribution >= 4 is 15.9 Å². The summed E-state index contributed by atoms with van der Waals surface area (Å²) in [4.78, 5) is 14.2. The highest BCUT2D eigenvalue weighted by Crippen LogP contribution is 2.52. The monoisotopic (exact) mass is 491 g/mol. The van der Waals surface area contributed by atoms with Gasteiger partial charge in [0.1, 0.15) is 5.60 Å². The summed E-state index contributed by atoms with van der Waals surface area (Å²) in [5, 5.41) is 0. The van der Waals surface area contributed by atoms with Crippen molar-refractivity contribution in [2.45, 2.75) is 36.7 Å². The van der Waals surface area contributed by atoms with E-state index < -0.39 is 27.2 Å². The molecule has 1 heterocycles. The summed E-state index contributed by atoms with van der Waals surface area (Å²) in [6, 6.07) is 8.20. The molecule has 2 saturated carbocycles. The van der Waals surface area contributed by atoms with Gasteiger partial charge in [-0.05, 0) is 73.4 Å². The van der Waals surface area contributed by atoms with Gasteiger partial charge in [-0.1, -0.05) is 12.1 Å². The van der Waals surface area contributed by atoms with E-state index in [1.54, 1.807) is 4.90 Å². The van der Waals surface area contributed by atoms with E-state index in [0.717, 1.165) is 25.5 Å². The topological polar surface area (TPSA) is 72.9 Å². The fourth-order valence-electron chi connectivity index (χ4n) is 5.04. The van der Waals surface area contributed by atoms with Gasteiger partial charge in [-0.25, -0.2) is 22.0 Å². The fourth-order valence-corrected chi connectivity index (χ4v) is 5.67. The van der Waals surface area contributed by atoms with Crippen molar-refractivity contribution in [3.8, 4) is 16.9 Å². The Bertz CT molecular complexity index is 1190. The number of amides is 1. The van der Waals surface area contributed by atoms with Crippen molar-refractivity contribution in [1.82, 2.24) is 4.90 Å². The van der Waals surface area contributed by atoms with E-state index >= 15 is 0 Å². The average molecular weight is 492 g/mol. The Morgan fingerprint density at radius 3 is 2.15 bits per heavy atom. The highest BCUT2D eigenvalue weighted by atomic mass is 32.2. The van der Waals surface area contributed by atoms with Crippen LogP contribution in [0, 0.1) is 29.4 Å². The zero-order valence-corrected chi connectivity index (χ0v) is 19.9. The quantitative estimate of drug-likeness (QED) is 0.587. The third-order valence-electron chi connectivity index (χ3n) is 7.41. The molecule has 3 fully saturated rings. The molecular weight excluding hydrogens is 464 g/mol. The van der Waals surface area contributed by atoms with Crippen molar-refractivity contribution < 1.29 is 31.5 Å². The van der Waals surface area contributed by atoms with Gasteiger partial charge in [0.25, 0.3) is 0 Å². The number of sulfone groups is 1. The Kier molecular flexibility index (Phi) is 5.58. The SMILES string of the molecule is CC1(OC(=O)N2C[C@@H]3C(COc4c(F)cc(-c5ccc(S(C)(=O)=O)cc5)cc4F)[C@H]3C2)CCC1. The van der Waals surface area contributed by atoms with Crippen LogP contribution in [0.4, 0.5) is 13.6 Å². The summed E-state index contributed by atoms with van der Waals surface area (Å²) in [7, 11) is -3.35. The molecule has 1 amide bonds. The van der Waals surface area contributed by atoms with Crippen LogP contribution in [0.1, 0.15) is 26.2 Å². The summed E-state index contributed by atoms with van der Waals surface area (Å²) in [5.74, 6) is -1.36. The molecule has 1 aliphatic heterocycles. The Morgan fingerprint density at radius 1 is 1.06 bits per heavy atom. The molecule has 2 aromatic rings. The Morgan fingerprint density at radius 2 is 1.65 bits per heavy atom. The first kappa shape index (κ1) is 23.1. The first-order valence-electron chi connectivity index (χ1n) is 11.4. The minimum atomic E-state index is -3.35. The first-order valence-corrected chi connectivity index (χ1v) is 13.3. The third kappa shape index (κ3) is 4.37. The van der Waals surface area contributed by atoms with Crippen LogP contribution in [0.2, 0.25) is 0 Å². The molecule has 1 saturated heterocycles. The number of fused-ring (bicyclic) bond motifs is 1. The standard InChI is InChI=1S/C25H27F2NO5S/c1-25(8-3-9-25)33-24(29)28-12-18-19(13-28)20(18)14-32-23-21(26)10-16(11-22(23)27)15-4-6-17(7-5-15)34(2,30)31/h4-7,10-11,18-20H,3,8-9,12-14H2,1-2H3/t18-,19-/m0/s1. The number of benzene rings is 2. The van der Waals surface area contributed by atoms with Crippen LogP contribution in [-0.2, 0) is 14.6 Å². The molecule has 0 aromatic heterocycles. The lowest BCUT2D eigenvalue weighted by molar-refractivity contribution is -0.0470. The number of hydrogen-bond acceptors (Lipinski definition) is 5. The van der Waals surface area contributed by atoms with Gasteiger partial charge in [0.15, 0.2) is 27.2 Å². The second-order valence-electron chi connectivity index (χ2n) is 9.94. The normalized spacial score (nSPS) is 24.8. The van der Waals surface area contributed by atoms with E-state index in [9.17, 15) is 22.0 Å². The number of piperidine rings is 1. The van der Waals surface area contributed by atoms with Crippen LogP contribution >= 0.6 is 0 Å². The van der Waals surface area contributed by atoms with Crippen LogP contribution in [-0.4, -0.2) is 51.0 Å². The van der Waals surface area contributed by atoms with Crippen molar-refractivity contribution in [2.75, 3.05) is 26.0 Å². The smallest absolute Gasteiger partial charge is 0.410 e. The largest absolute Gasteiger partial charge is 0.487 e. The number of carbonyl (C=O) groups is 1. The molecule has 6 nitrogen and oxygen atoms in total. The van der Waals surface area contributed by atoms with Crippen LogP contribution in [0.5, 0.6) is 5.75 Å². The highest BCUT2D eigenvalue weighted by molar-refractivity contribution is 7.90. The van der Waals surface area contributed by atoms with Gasteiger partial charge in [-0.15, -0.1) is 0 Å². The third-order valence-corrected chi connectivity index (χ3v) is 8.54. The van der Waals surface area contributed by atoms with Crippen molar-refractivity contribution in [3.05, 3.63) is 48.0 Å². The number of likely N-dealkylation sites (tertiary alicyclic amines) is 1. The van der Waals surface area contributed by atoms with Gasteiger partial charge < -0.3 is 14.4 Å². The lowest BCUT2D eigenvalue weighted by Crippen LogP contribution is -2.43. The molecule has 0 bridgehead atoms. The van der Waals surface area contributed by atoms with E-state index in [0.29, 0.717) is 24.2 Å². The minimum absolute atomic E-state index is 0.135. The van der Waals surface area contributed by atoms with Crippen molar-refractivity contribution in [3.63, 3.8) is 0 Å². The highest BCUT2D eigenvalue weighted by Gasteiger charge is 2.57. The number of nitrogens with zero attached hydrogens (tertiary/aromatic N) is 1. The van der Waals surface area contributed by atoms with E-state index in [4.69, 9.17) is 9.47 Å². The number of hydrogen-bond donors (Lipinski definition) is 0. The van der Waals surface area contributed by atoms with E-state index in [-0.39, 0.29) is 41.0 Å². The molecule has 5 rings (SSSR count).